The fraction of sp³-hybridized carbons (Fsp3) is 0.600. The average Bonchev–Trinajstić information content (AvgIpc) is 2.42. The number of nitrogens with zero attached hydrogens (tertiary/aromatic N) is 1. The van der Waals surface area contributed by atoms with Gasteiger partial charge in [-0.25, -0.2) is 4.39 Å². The molecular formula is C15H25Cl2FN2O. The fourth-order valence-corrected chi connectivity index (χ4v) is 2.71. The third-order valence-electron chi connectivity index (χ3n) is 3.77. The van der Waals surface area contributed by atoms with Crippen LogP contribution in [0.5, 0.6) is 5.75 Å². The van der Waals surface area contributed by atoms with Crippen molar-refractivity contribution < 1.29 is 9.50 Å². The normalized spacial score (nSPS) is 16.7. The molecule has 21 heavy (non-hydrogen) atoms. The Balaban J connectivity index is 0.00000200. The Morgan fingerprint density at radius 1 is 1.29 bits per heavy atom. The highest BCUT2D eigenvalue weighted by Crippen LogP contribution is 2.30. The van der Waals surface area contributed by atoms with E-state index in [-0.39, 0.29) is 42.4 Å². The van der Waals surface area contributed by atoms with E-state index in [2.05, 4.69) is 17.1 Å². The number of phenolic OH excluding ortho intramolecular Hbond substituents is 1. The molecule has 1 aliphatic heterocycles. The van der Waals surface area contributed by atoms with E-state index < -0.39 is 0 Å². The Kier molecular flexibility index (Phi) is 9.95. The molecule has 1 aromatic carbocycles. The second-order valence-corrected chi connectivity index (χ2v) is 5.15. The molecule has 3 nitrogen and oxygen atoms in total. The van der Waals surface area contributed by atoms with Gasteiger partial charge in [0.1, 0.15) is 11.6 Å². The lowest BCUT2D eigenvalue weighted by atomic mass is 9.98. The van der Waals surface area contributed by atoms with Gasteiger partial charge in [0.15, 0.2) is 0 Å². The molecule has 1 fully saturated rings. The van der Waals surface area contributed by atoms with Crippen molar-refractivity contribution >= 4 is 24.8 Å². The Morgan fingerprint density at radius 3 is 2.52 bits per heavy atom. The van der Waals surface area contributed by atoms with Gasteiger partial charge in [-0.1, -0.05) is 25.8 Å². The lowest BCUT2D eigenvalue weighted by Crippen LogP contribution is -2.45. The summed E-state index contributed by atoms with van der Waals surface area (Å²) >= 11 is 0. The van der Waals surface area contributed by atoms with Crippen LogP contribution in [0.2, 0.25) is 0 Å². The number of aromatic hydroxyl groups is 1. The van der Waals surface area contributed by atoms with Crippen molar-refractivity contribution in [2.24, 2.45) is 0 Å². The van der Waals surface area contributed by atoms with Crippen LogP contribution in [0.4, 0.5) is 4.39 Å². The van der Waals surface area contributed by atoms with Crippen LogP contribution in [0.1, 0.15) is 37.8 Å². The van der Waals surface area contributed by atoms with Crippen molar-refractivity contribution in [1.82, 2.24) is 10.2 Å². The molecule has 0 aliphatic carbocycles. The lowest BCUT2D eigenvalue weighted by Gasteiger charge is -2.35. The summed E-state index contributed by atoms with van der Waals surface area (Å²) in [4.78, 5) is 2.35. The van der Waals surface area contributed by atoms with Gasteiger partial charge in [-0.15, -0.1) is 24.8 Å². The van der Waals surface area contributed by atoms with E-state index in [0.717, 1.165) is 45.4 Å². The summed E-state index contributed by atoms with van der Waals surface area (Å²) in [5, 5.41) is 12.7. The van der Waals surface area contributed by atoms with Crippen LogP contribution in [0.15, 0.2) is 18.2 Å². The van der Waals surface area contributed by atoms with Gasteiger partial charge in [0.2, 0.25) is 0 Å². The van der Waals surface area contributed by atoms with E-state index in [4.69, 9.17) is 0 Å². The fourth-order valence-electron chi connectivity index (χ4n) is 2.71. The molecular weight excluding hydrogens is 314 g/mol. The largest absolute Gasteiger partial charge is 0.508 e. The van der Waals surface area contributed by atoms with Gasteiger partial charge in [0.05, 0.1) is 0 Å². The number of phenols is 1. The summed E-state index contributed by atoms with van der Waals surface area (Å²) in [6, 6.07) is 4.66. The molecule has 0 unspecified atom stereocenters. The van der Waals surface area contributed by atoms with Crippen LogP contribution < -0.4 is 5.32 Å². The van der Waals surface area contributed by atoms with Gasteiger partial charge < -0.3 is 10.4 Å². The molecule has 1 saturated heterocycles. The van der Waals surface area contributed by atoms with Crippen molar-refractivity contribution in [2.45, 2.75) is 32.2 Å². The summed E-state index contributed by atoms with van der Waals surface area (Å²) in [5.41, 5.74) is 0.716. The standard InChI is InChI=1S/C15H23FN2O.2ClH/c1-2-3-4-15(18-9-7-17-8-10-18)13-6-5-12(19)11-14(13)16;;/h5-6,11,15,17,19H,2-4,7-10H2,1H3;2*1H/t15-;;/m1../s1. The molecule has 6 heteroatoms. The maximum atomic E-state index is 14.1. The monoisotopic (exact) mass is 338 g/mol. The van der Waals surface area contributed by atoms with Crippen LogP contribution >= 0.6 is 24.8 Å². The highest BCUT2D eigenvalue weighted by molar-refractivity contribution is 5.85. The minimum absolute atomic E-state index is 0. The Hall–Kier alpha value is -0.550. The first-order valence-electron chi connectivity index (χ1n) is 7.15. The van der Waals surface area contributed by atoms with Gasteiger partial charge in [0.25, 0.3) is 0 Å². The molecule has 0 saturated carbocycles. The third kappa shape index (κ3) is 5.62. The van der Waals surface area contributed by atoms with Gasteiger partial charge in [0, 0.05) is 43.9 Å². The maximum absolute atomic E-state index is 14.1. The zero-order valence-corrected chi connectivity index (χ0v) is 14.0. The second kappa shape index (κ2) is 10.2. The Labute approximate surface area is 138 Å². The molecule has 0 radical (unpaired) electrons. The number of rotatable bonds is 5. The van der Waals surface area contributed by atoms with Crippen LogP contribution in [-0.4, -0.2) is 36.2 Å². The summed E-state index contributed by atoms with van der Waals surface area (Å²) < 4.78 is 14.1. The van der Waals surface area contributed by atoms with Crippen molar-refractivity contribution in [3.63, 3.8) is 0 Å². The number of piperazine rings is 1. The molecule has 1 aliphatic rings. The number of nitrogens with one attached hydrogen (secondary N) is 1. The molecule has 2 N–H and O–H groups in total. The molecule has 1 atom stereocenters. The summed E-state index contributed by atoms with van der Waals surface area (Å²) in [6.45, 7) is 5.98. The maximum Gasteiger partial charge on any atom is 0.131 e. The van der Waals surface area contributed by atoms with Crippen LogP contribution in [0.25, 0.3) is 0 Å². The van der Waals surface area contributed by atoms with Gasteiger partial charge in [-0.3, -0.25) is 4.90 Å². The van der Waals surface area contributed by atoms with Gasteiger partial charge in [-0.2, -0.15) is 0 Å². The smallest absolute Gasteiger partial charge is 0.131 e. The highest BCUT2D eigenvalue weighted by Gasteiger charge is 2.24. The topological polar surface area (TPSA) is 35.5 Å². The first-order chi connectivity index (χ1) is 9.22. The minimum Gasteiger partial charge on any atom is -0.508 e. The Bertz CT molecular complexity index is 415. The van der Waals surface area contributed by atoms with Gasteiger partial charge in [-0.05, 0) is 12.5 Å². The summed E-state index contributed by atoms with van der Waals surface area (Å²) in [5.74, 6) is -0.296. The van der Waals surface area contributed by atoms with Crippen LogP contribution in [0, 0.1) is 5.82 Å². The molecule has 0 amide bonds. The van der Waals surface area contributed by atoms with Crippen molar-refractivity contribution in [3.8, 4) is 5.75 Å². The van der Waals surface area contributed by atoms with E-state index >= 15 is 0 Å². The average molecular weight is 339 g/mol. The van der Waals surface area contributed by atoms with Crippen LogP contribution in [0.3, 0.4) is 0 Å². The van der Waals surface area contributed by atoms with E-state index in [1.54, 1.807) is 12.1 Å². The van der Waals surface area contributed by atoms with Crippen LogP contribution in [-0.2, 0) is 0 Å². The number of hydrogen-bond donors (Lipinski definition) is 2. The predicted octanol–water partition coefficient (Wildman–Crippen LogP) is 3.51. The molecule has 2 rings (SSSR count). The second-order valence-electron chi connectivity index (χ2n) is 5.15. The molecule has 0 bridgehead atoms. The van der Waals surface area contributed by atoms with Crippen molar-refractivity contribution in [2.75, 3.05) is 26.2 Å². The predicted molar refractivity (Wildman–Crippen MR) is 89.3 cm³/mol. The molecule has 0 spiro atoms. The van der Waals surface area contributed by atoms with E-state index in [1.165, 1.54) is 6.07 Å². The number of benzene rings is 1. The van der Waals surface area contributed by atoms with Crippen molar-refractivity contribution in [3.05, 3.63) is 29.6 Å². The first kappa shape index (κ1) is 20.5. The quantitative estimate of drug-likeness (QED) is 0.862. The number of halogens is 3. The lowest BCUT2D eigenvalue weighted by molar-refractivity contribution is 0.160. The SMILES string of the molecule is CCCC[C@H](c1ccc(O)cc1F)N1CCNCC1.Cl.Cl. The van der Waals surface area contributed by atoms with Gasteiger partial charge >= 0.3 is 0 Å². The van der Waals surface area contributed by atoms with E-state index in [1.807, 2.05) is 0 Å². The first-order valence-corrected chi connectivity index (χ1v) is 7.15. The molecule has 1 aromatic rings. The number of unbranched alkanes of at least 4 members (excludes halogenated alkanes) is 1. The zero-order chi connectivity index (χ0) is 13.7. The zero-order valence-electron chi connectivity index (χ0n) is 12.3. The van der Waals surface area contributed by atoms with E-state index in [9.17, 15) is 9.50 Å². The third-order valence-corrected chi connectivity index (χ3v) is 3.77. The number of hydrogen-bond acceptors (Lipinski definition) is 3. The van der Waals surface area contributed by atoms with E-state index in [0.29, 0.717) is 5.56 Å². The molecule has 122 valence electrons. The summed E-state index contributed by atoms with van der Waals surface area (Å²) in [6.07, 6.45) is 3.18. The molecule has 0 aromatic heterocycles. The highest BCUT2D eigenvalue weighted by atomic mass is 35.5. The Morgan fingerprint density at radius 2 is 1.95 bits per heavy atom. The summed E-state index contributed by atoms with van der Waals surface area (Å²) in [7, 11) is 0. The molecule has 1 heterocycles. The minimum atomic E-state index is -0.292. The van der Waals surface area contributed by atoms with Crippen molar-refractivity contribution in [1.29, 1.82) is 0 Å².